The highest BCUT2D eigenvalue weighted by molar-refractivity contribution is 5.44. The van der Waals surface area contributed by atoms with Crippen LogP contribution in [0.3, 0.4) is 0 Å². The Labute approximate surface area is 166 Å². The zero-order valence-corrected chi connectivity index (χ0v) is 17.0. The number of aryl methyl sites for hydroxylation is 2. The molecule has 28 heavy (non-hydrogen) atoms. The number of nitrogens with one attached hydrogen (secondary N) is 1. The van der Waals surface area contributed by atoms with Gasteiger partial charge in [-0.3, -0.25) is 4.68 Å². The first-order valence-electron chi connectivity index (χ1n) is 9.22. The molecule has 0 saturated carbocycles. The monoisotopic (exact) mass is 381 g/mol. The second-order valence-electron chi connectivity index (χ2n) is 6.74. The molecule has 0 radical (unpaired) electrons. The molecular weight excluding hydrogens is 354 g/mol. The summed E-state index contributed by atoms with van der Waals surface area (Å²) in [7, 11) is 5.18. The van der Waals surface area contributed by atoms with Crippen LogP contribution in [0.25, 0.3) is 0 Å². The minimum Gasteiger partial charge on any atom is -0.496 e. The molecule has 0 saturated heterocycles. The van der Waals surface area contributed by atoms with E-state index < -0.39 is 0 Å². The van der Waals surface area contributed by atoms with Crippen LogP contribution in [-0.4, -0.2) is 24.0 Å². The largest absolute Gasteiger partial charge is 0.496 e. The summed E-state index contributed by atoms with van der Waals surface area (Å²) in [6.45, 7) is 4.95. The Bertz CT molecular complexity index is 897. The molecule has 0 fully saturated rings. The Morgan fingerprint density at radius 3 is 2.11 bits per heavy atom. The maximum absolute atomic E-state index is 5.94. The number of hydrogen-bond donors (Lipinski definition) is 1. The molecule has 148 valence electrons. The molecule has 6 heteroatoms. The average Bonchev–Trinajstić information content (AvgIpc) is 3.05. The summed E-state index contributed by atoms with van der Waals surface area (Å²) in [6, 6.07) is 13.7. The highest BCUT2D eigenvalue weighted by Gasteiger charge is 2.11. The molecule has 1 N–H and O–H groups in total. The third-order valence-corrected chi connectivity index (χ3v) is 4.61. The van der Waals surface area contributed by atoms with Crippen molar-refractivity contribution >= 4 is 0 Å². The van der Waals surface area contributed by atoms with E-state index in [1.54, 1.807) is 14.2 Å². The molecule has 0 aliphatic rings. The molecule has 1 unspecified atom stereocenters. The van der Waals surface area contributed by atoms with Crippen LogP contribution in [0.15, 0.2) is 48.7 Å². The van der Waals surface area contributed by atoms with E-state index in [1.165, 1.54) is 11.1 Å². The van der Waals surface area contributed by atoms with E-state index in [4.69, 9.17) is 14.2 Å². The normalized spacial score (nSPS) is 11.9. The van der Waals surface area contributed by atoms with Crippen molar-refractivity contribution in [2.24, 2.45) is 7.05 Å². The average molecular weight is 381 g/mol. The molecule has 3 rings (SSSR count). The van der Waals surface area contributed by atoms with Gasteiger partial charge >= 0.3 is 0 Å². The number of nitrogens with zero attached hydrogens (tertiary/aromatic N) is 2. The summed E-state index contributed by atoms with van der Waals surface area (Å²) in [5, 5.41) is 7.95. The first-order valence-corrected chi connectivity index (χ1v) is 9.22. The highest BCUT2D eigenvalue weighted by atomic mass is 16.5. The zero-order valence-electron chi connectivity index (χ0n) is 17.0. The van der Waals surface area contributed by atoms with E-state index in [0.717, 1.165) is 18.0 Å². The predicted molar refractivity (Wildman–Crippen MR) is 109 cm³/mol. The fourth-order valence-corrected chi connectivity index (χ4v) is 3.08. The van der Waals surface area contributed by atoms with Crippen molar-refractivity contribution in [1.29, 1.82) is 0 Å². The van der Waals surface area contributed by atoms with E-state index in [2.05, 4.69) is 35.7 Å². The number of aromatic nitrogens is 2. The van der Waals surface area contributed by atoms with E-state index in [1.807, 2.05) is 49.0 Å². The van der Waals surface area contributed by atoms with Crippen LogP contribution >= 0.6 is 0 Å². The molecule has 0 aliphatic carbocycles. The number of methoxy groups -OCH3 is 2. The second kappa shape index (κ2) is 8.80. The van der Waals surface area contributed by atoms with Crippen molar-refractivity contribution in [2.75, 3.05) is 14.2 Å². The predicted octanol–water partition coefficient (Wildman–Crippen LogP) is 4.39. The van der Waals surface area contributed by atoms with Gasteiger partial charge in [-0.2, -0.15) is 5.10 Å². The van der Waals surface area contributed by atoms with Crippen LogP contribution in [0.2, 0.25) is 0 Å². The Morgan fingerprint density at radius 1 is 0.964 bits per heavy atom. The maximum atomic E-state index is 5.94. The van der Waals surface area contributed by atoms with Gasteiger partial charge in [0.05, 0.1) is 19.9 Å². The summed E-state index contributed by atoms with van der Waals surface area (Å²) >= 11 is 0. The van der Waals surface area contributed by atoms with Gasteiger partial charge in [-0.15, -0.1) is 0 Å². The Kier molecular flexibility index (Phi) is 6.21. The lowest BCUT2D eigenvalue weighted by Gasteiger charge is -2.14. The quantitative estimate of drug-likeness (QED) is 0.627. The van der Waals surface area contributed by atoms with E-state index in [9.17, 15) is 0 Å². The smallest absolute Gasteiger partial charge is 0.134 e. The lowest BCUT2D eigenvalue weighted by Crippen LogP contribution is -2.18. The van der Waals surface area contributed by atoms with Crippen LogP contribution in [0.5, 0.6) is 23.0 Å². The number of rotatable bonds is 8. The summed E-state index contributed by atoms with van der Waals surface area (Å²) in [5.41, 5.74) is 3.46. The minimum atomic E-state index is 0.230. The van der Waals surface area contributed by atoms with E-state index in [-0.39, 0.29) is 6.04 Å². The number of hydrogen-bond acceptors (Lipinski definition) is 5. The standard InChI is InChI=1S/C22H27N3O3/c1-15(22-14-25(3)24-16(22)2)23-13-17-6-8-18(9-7-17)28-21-11-19(26-4)10-20(12-21)27-5/h6-12,14-15,23H,13H2,1-5H3. The lowest BCUT2D eigenvalue weighted by atomic mass is 10.1. The molecule has 1 atom stereocenters. The van der Waals surface area contributed by atoms with Crippen molar-refractivity contribution in [3.05, 3.63) is 65.5 Å². The van der Waals surface area contributed by atoms with Gasteiger partial charge < -0.3 is 19.5 Å². The van der Waals surface area contributed by atoms with Gasteiger partial charge in [0, 0.05) is 49.6 Å². The highest BCUT2D eigenvalue weighted by Crippen LogP contribution is 2.31. The molecule has 0 bridgehead atoms. The Balaban J connectivity index is 1.61. The second-order valence-corrected chi connectivity index (χ2v) is 6.74. The minimum absolute atomic E-state index is 0.230. The van der Waals surface area contributed by atoms with Crippen LogP contribution < -0.4 is 19.5 Å². The van der Waals surface area contributed by atoms with Crippen molar-refractivity contribution in [3.8, 4) is 23.0 Å². The summed E-state index contributed by atoms with van der Waals surface area (Å²) in [5.74, 6) is 2.81. The number of benzene rings is 2. The lowest BCUT2D eigenvalue weighted by molar-refractivity contribution is 0.386. The molecule has 3 aromatic rings. The Hall–Kier alpha value is -2.99. The first-order chi connectivity index (χ1) is 13.5. The van der Waals surface area contributed by atoms with Gasteiger partial charge in [0.2, 0.25) is 0 Å². The van der Waals surface area contributed by atoms with Crippen LogP contribution in [-0.2, 0) is 13.6 Å². The summed E-state index contributed by atoms with van der Waals surface area (Å²) < 4.78 is 18.4. The van der Waals surface area contributed by atoms with Gasteiger partial charge in [0.1, 0.15) is 23.0 Å². The summed E-state index contributed by atoms with van der Waals surface area (Å²) in [4.78, 5) is 0. The first kappa shape index (κ1) is 19.8. The zero-order chi connectivity index (χ0) is 20.1. The fourth-order valence-electron chi connectivity index (χ4n) is 3.08. The van der Waals surface area contributed by atoms with Crippen molar-refractivity contribution in [2.45, 2.75) is 26.4 Å². The van der Waals surface area contributed by atoms with Gasteiger partial charge in [-0.1, -0.05) is 12.1 Å². The SMILES string of the molecule is COc1cc(OC)cc(Oc2ccc(CNC(C)c3cn(C)nc3C)cc2)c1. The molecular formula is C22H27N3O3. The molecule has 6 nitrogen and oxygen atoms in total. The third-order valence-electron chi connectivity index (χ3n) is 4.61. The van der Waals surface area contributed by atoms with Crippen LogP contribution in [0, 0.1) is 6.92 Å². The number of ether oxygens (including phenoxy) is 3. The topological polar surface area (TPSA) is 57.5 Å². The van der Waals surface area contributed by atoms with Crippen molar-refractivity contribution in [1.82, 2.24) is 15.1 Å². The maximum Gasteiger partial charge on any atom is 0.134 e. The van der Waals surface area contributed by atoms with Gasteiger partial charge in [0.25, 0.3) is 0 Å². The van der Waals surface area contributed by atoms with Gasteiger partial charge in [-0.25, -0.2) is 0 Å². The molecule has 1 aromatic heterocycles. The summed E-state index contributed by atoms with van der Waals surface area (Å²) in [6.07, 6.45) is 2.06. The molecule has 0 spiro atoms. The van der Waals surface area contributed by atoms with Crippen LogP contribution in [0.1, 0.15) is 29.8 Å². The van der Waals surface area contributed by atoms with E-state index in [0.29, 0.717) is 17.2 Å². The van der Waals surface area contributed by atoms with Gasteiger partial charge in [-0.05, 0) is 31.5 Å². The fraction of sp³-hybridized carbons (Fsp3) is 0.318. The molecule has 1 heterocycles. The van der Waals surface area contributed by atoms with Crippen LogP contribution in [0.4, 0.5) is 0 Å². The molecule has 0 amide bonds. The third kappa shape index (κ3) is 4.84. The molecule has 2 aromatic carbocycles. The van der Waals surface area contributed by atoms with Crippen molar-refractivity contribution < 1.29 is 14.2 Å². The van der Waals surface area contributed by atoms with Gasteiger partial charge in [0.15, 0.2) is 0 Å². The van der Waals surface area contributed by atoms with Crippen molar-refractivity contribution in [3.63, 3.8) is 0 Å². The molecule has 0 aliphatic heterocycles. The Morgan fingerprint density at radius 2 is 1.57 bits per heavy atom. The van der Waals surface area contributed by atoms with E-state index >= 15 is 0 Å².